The maximum atomic E-state index is 13.7. The van der Waals surface area contributed by atoms with Crippen molar-refractivity contribution in [1.82, 2.24) is 4.90 Å². The van der Waals surface area contributed by atoms with E-state index in [0.29, 0.717) is 39.1 Å². The zero-order chi connectivity index (χ0) is 22.8. The number of rotatable bonds is 5. The highest BCUT2D eigenvalue weighted by atomic mass is 32.2. The van der Waals surface area contributed by atoms with Gasteiger partial charge in [-0.2, -0.15) is 0 Å². The summed E-state index contributed by atoms with van der Waals surface area (Å²) in [4.78, 5) is 29.1. The molecule has 1 saturated heterocycles. The van der Waals surface area contributed by atoms with Gasteiger partial charge in [0.1, 0.15) is 5.60 Å². The van der Waals surface area contributed by atoms with Crippen molar-refractivity contribution < 1.29 is 23.8 Å². The Bertz CT molecular complexity index is 805. The van der Waals surface area contributed by atoms with Gasteiger partial charge in [-0.05, 0) is 66.0 Å². The molecule has 0 saturated carbocycles. The number of carbonyl (C=O) groups excluding carboxylic acids is 2. The standard InChI is InChI=1S/C24H35NO5S/c1-7-28-21(29-8-2)19-20(26)17-10-9-16(3)15-18(17)31-24(19)11-13-25(14-12-24)22(27)30-23(4,5)6/h9-10,15,19,21H,7-8,11-14H2,1-6H3. The Labute approximate surface area is 190 Å². The van der Waals surface area contributed by atoms with E-state index in [2.05, 4.69) is 6.07 Å². The molecular weight excluding hydrogens is 414 g/mol. The number of piperidine rings is 1. The molecule has 2 heterocycles. The number of thioether (sulfide) groups is 1. The van der Waals surface area contributed by atoms with Gasteiger partial charge in [-0.3, -0.25) is 4.79 Å². The molecule has 172 valence electrons. The number of hydrogen-bond acceptors (Lipinski definition) is 6. The predicted molar refractivity (Wildman–Crippen MR) is 122 cm³/mol. The van der Waals surface area contributed by atoms with E-state index in [0.717, 1.165) is 16.0 Å². The minimum Gasteiger partial charge on any atom is -0.444 e. The zero-order valence-electron chi connectivity index (χ0n) is 19.5. The molecular formula is C24H35NO5S. The van der Waals surface area contributed by atoms with Gasteiger partial charge in [-0.1, -0.05) is 12.1 Å². The van der Waals surface area contributed by atoms with Crippen molar-refractivity contribution >= 4 is 23.6 Å². The molecule has 6 nitrogen and oxygen atoms in total. The van der Waals surface area contributed by atoms with Crippen molar-refractivity contribution in [3.63, 3.8) is 0 Å². The van der Waals surface area contributed by atoms with Gasteiger partial charge in [-0.15, -0.1) is 11.8 Å². The Kier molecular flexibility index (Phi) is 7.39. The van der Waals surface area contributed by atoms with Crippen LogP contribution in [0.2, 0.25) is 0 Å². The van der Waals surface area contributed by atoms with E-state index in [1.54, 1.807) is 16.7 Å². The average molecular weight is 450 g/mol. The highest BCUT2D eigenvalue weighted by Gasteiger charge is 2.54. The van der Waals surface area contributed by atoms with Gasteiger partial charge in [0.25, 0.3) is 0 Å². The molecule has 1 aromatic rings. The maximum absolute atomic E-state index is 13.7. The van der Waals surface area contributed by atoms with Gasteiger partial charge < -0.3 is 19.1 Å². The number of nitrogens with zero attached hydrogens (tertiary/aromatic N) is 1. The Hall–Kier alpha value is -1.57. The van der Waals surface area contributed by atoms with Crippen LogP contribution < -0.4 is 0 Å². The number of fused-ring (bicyclic) bond motifs is 1. The third kappa shape index (κ3) is 5.26. The molecule has 2 aliphatic rings. The summed E-state index contributed by atoms with van der Waals surface area (Å²) in [5.74, 6) is -0.347. The lowest BCUT2D eigenvalue weighted by Gasteiger charge is -2.49. The summed E-state index contributed by atoms with van der Waals surface area (Å²) >= 11 is 1.75. The molecule has 3 rings (SSSR count). The van der Waals surface area contributed by atoms with Crippen LogP contribution in [0.15, 0.2) is 23.1 Å². The molecule has 0 bridgehead atoms. The number of likely N-dealkylation sites (tertiary alicyclic amines) is 1. The number of ketones is 1. The first-order chi connectivity index (χ1) is 14.6. The minimum absolute atomic E-state index is 0.0753. The monoisotopic (exact) mass is 449 g/mol. The maximum Gasteiger partial charge on any atom is 0.410 e. The van der Waals surface area contributed by atoms with E-state index in [1.807, 2.05) is 53.7 Å². The summed E-state index contributed by atoms with van der Waals surface area (Å²) in [6.45, 7) is 13.5. The molecule has 31 heavy (non-hydrogen) atoms. The Morgan fingerprint density at radius 1 is 1.19 bits per heavy atom. The van der Waals surface area contributed by atoms with Crippen LogP contribution in [-0.4, -0.2) is 59.7 Å². The van der Waals surface area contributed by atoms with Gasteiger partial charge in [0, 0.05) is 41.5 Å². The van der Waals surface area contributed by atoms with Crippen LogP contribution in [0, 0.1) is 12.8 Å². The first-order valence-corrected chi connectivity index (χ1v) is 12.0. The molecule has 2 aliphatic heterocycles. The molecule has 7 heteroatoms. The number of ether oxygens (including phenoxy) is 3. The number of Topliss-reactive ketones (excluding diaryl/α,β-unsaturated/α-hetero) is 1. The quantitative estimate of drug-likeness (QED) is 0.585. The second-order valence-corrected chi connectivity index (χ2v) is 10.7. The van der Waals surface area contributed by atoms with E-state index in [4.69, 9.17) is 14.2 Å². The lowest BCUT2D eigenvalue weighted by molar-refractivity contribution is -0.165. The van der Waals surface area contributed by atoms with Crippen LogP contribution in [0.3, 0.4) is 0 Å². The lowest BCUT2D eigenvalue weighted by Crippen LogP contribution is -2.56. The summed E-state index contributed by atoms with van der Waals surface area (Å²) in [6.07, 6.45) is 0.459. The molecule has 1 fully saturated rings. The van der Waals surface area contributed by atoms with Crippen LogP contribution in [0.5, 0.6) is 0 Å². The normalized spacial score (nSPS) is 20.8. The third-order valence-corrected chi connectivity index (χ3v) is 7.39. The van der Waals surface area contributed by atoms with Gasteiger partial charge in [0.2, 0.25) is 0 Å². The van der Waals surface area contributed by atoms with Crippen LogP contribution in [0.4, 0.5) is 4.79 Å². The molecule has 1 unspecified atom stereocenters. The summed E-state index contributed by atoms with van der Waals surface area (Å²) in [7, 11) is 0. The van der Waals surface area contributed by atoms with Crippen molar-refractivity contribution in [1.29, 1.82) is 0 Å². The van der Waals surface area contributed by atoms with E-state index in [9.17, 15) is 9.59 Å². The fourth-order valence-electron chi connectivity index (χ4n) is 4.35. The highest BCUT2D eigenvalue weighted by Crippen LogP contribution is 2.53. The highest BCUT2D eigenvalue weighted by molar-refractivity contribution is 8.01. The van der Waals surface area contributed by atoms with Crippen LogP contribution in [0.1, 0.15) is 63.4 Å². The van der Waals surface area contributed by atoms with Crippen LogP contribution in [-0.2, 0) is 14.2 Å². The summed E-state index contributed by atoms with van der Waals surface area (Å²) in [6, 6.07) is 5.99. The van der Waals surface area contributed by atoms with E-state index in [-0.39, 0.29) is 16.6 Å². The summed E-state index contributed by atoms with van der Waals surface area (Å²) < 4.78 is 17.1. The van der Waals surface area contributed by atoms with Crippen molar-refractivity contribution in [3.05, 3.63) is 29.3 Å². The number of benzene rings is 1. The molecule has 0 aliphatic carbocycles. The summed E-state index contributed by atoms with van der Waals surface area (Å²) in [5.41, 5.74) is 1.34. The number of aryl methyl sites for hydroxylation is 1. The van der Waals surface area contributed by atoms with Crippen molar-refractivity contribution in [2.75, 3.05) is 26.3 Å². The van der Waals surface area contributed by atoms with Crippen molar-refractivity contribution in [2.45, 2.75) is 75.9 Å². The zero-order valence-corrected chi connectivity index (χ0v) is 20.3. The van der Waals surface area contributed by atoms with Crippen molar-refractivity contribution in [3.8, 4) is 0 Å². The molecule has 1 aromatic carbocycles. The van der Waals surface area contributed by atoms with Gasteiger partial charge in [0.15, 0.2) is 12.1 Å². The smallest absolute Gasteiger partial charge is 0.410 e. The molecule has 0 radical (unpaired) electrons. The topological polar surface area (TPSA) is 65.1 Å². The number of carbonyl (C=O) groups is 2. The number of amides is 1. The lowest BCUT2D eigenvalue weighted by atomic mass is 9.77. The molecule has 1 atom stereocenters. The summed E-state index contributed by atoms with van der Waals surface area (Å²) in [5, 5.41) is 0. The first kappa shape index (κ1) is 24.1. The van der Waals surface area contributed by atoms with E-state index >= 15 is 0 Å². The third-order valence-electron chi connectivity index (χ3n) is 5.76. The molecule has 0 N–H and O–H groups in total. The fourth-order valence-corrected chi connectivity index (χ4v) is 6.05. The second-order valence-electron chi connectivity index (χ2n) is 9.25. The molecule has 0 aromatic heterocycles. The number of hydrogen-bond donors (Lipinski definition) is 0. The van der Waals surface area contributed by atoms with Crippen LogP contribution in [0.25, 0.3) is 0 Å². The average Bonchev–Trinajstić information content (AvgIpc) is 2.67. The molecule has 1 amide bonds. The Balaban J connectivity index is 1.92. The Morgan fingerprint density at radius 3 is 2.35 bits per heavy atom. The van der Waals surface area contributed by atoms with Gasteiger partial charge in [0.05, 0.1) is 5.92 Å². The predicted octanol–water partition coefficient (Wildman–Crippen LogP) is 5.07. The van der Waals surface area contributed by atoms with E-state index in [1.165, 1.54) is 0 Å². The minimum atomic E-state index is -0.600. The largest absolute Gasteiger partial charge is 0.444 e. The fraction of sp³-hybridized carbons (Fsp3) is 0.667. The van der Waals surface area contributed by atoms with Gasteiger partial charge in [-0.25, -0.2) is 4.79 Å². The second kappa shape index (κ2) is 9.51. The van der Waals surface area contributed by atoms with Crippen LogP contribution >= 0.6 is 11.8 Å². The molecule has 1 spiro atoms. The van der Waals surface area contributed by atoms with E-state index < -0.39 is 17.8 Å². The van der Waals surface area contributed by atoms with Gasteiger partial charge >= 0.3 is 6.09 Å². The SMILES string of the molecule is CCOC(OCC)C1C(=O)c2ccc(C)cc2SC12CCN(C(=O)OC(C)(C)C)CC2. The first-order valence-electron chi connectivity index (χ1n) is 11.1. The Morgan fingerprint density at radius 2 is 1.81 bits per heavy atom. The van der Waals surface area contributed by atoms with Crippen molar-refractivity contribution in [2.24, 2.45) is 5.92 Å².